The van der Waals surface area contributed by atoms with Gasteiger partial charge in [-0.05, 0) is 32.3 Å². The van der Waals surface area contributed by atoms with Gasteiger partial charge in [0.05, 0.1) is 12.0 Å². The van der Waals surface area contributed by atoms with E-state index in [1.807, 2.05) is 6.92 Å². The first kappa shape index (κ1) is 14.3. The van der Waals surface area contributed by atoms with Crippen LogP contribution in [0.15, 0.2) is 24.3 Å². The number of hydrogen-bond acceptors (Lipinski definition) is 2. The second-order valence-corrected chi connectivity index (χ2v) is 4.79. The van der Waals surface area contributed by atoms with Crippen molar-refractivity contribution in [3.63, 3.8) is 0 Å². The van der Waals surface area contributed by atoms with Gasteiger partial charge in [0, 0.05) is 6.92 Å². The molecule has 0 aliphatic rings. The molecule has 0 spiro atoms. The Bertz CT molecular complexity index is 439. The van der Waals surface area contributed by atoms with Crippen LogP contribution in [0, 0.1) is 19.3 Å². The van der Waals surface area contributed by atoms with Gasteiger partial charge in [-0.2, -0.15) is 0 Å². The molecule has 96 valence electrons. The first-order chi connectivity index (χ1) is 8.48. The first-order valence-electron chi connectivity index (χ1n) is 6.16. The highest BCUT2D eigenvalue weighted by Gasteiger charge is 2.23. The summed E-state index contributed by atoms with van der Waals surface area (Å²) in [7, 11) is 0. The molecule has 2 nitrogen and oxygen atoms in total. The molecular weight excluding hydrogens is 224 g/mol. The highest BCUT2D eigenvalue weighted by molar-refractivity contribution is 5.65. The van der Waals surface area contributed by atoms with Crippen LogP contribution in [0.4, 0.5) is 0 Å². The van der Waals surface area contributed by atoms with E-state index in [1.54, 1.807) is 0 Å². The zero-order valence-electron chi connectivity index (χ0n) is 11.3. The Labute approximate surface area is 109 Å². The highest BCUT2D eigenvalue weighted by Crippen LogP contribution is 2.28. The summed E-state index contributed by atoms with van der Waals surface area (Å²) in [6.07, 6.45) is 7.24. The van der Waals surface area contributed by atoms with Gasteiger partial charge in [-0.3, -0.25) is 4.79 Å². The van der Waals surface area contributed by atoms with Gasteiger partial charge >= 0.3 is 5.97 Å². The standard InChI is InChI=1S/C16H20O2/c1-5-16(4,11-6-12-18-14(3)17)15-9-7-13(2)8-10-15/h1,7-10H,6,11-12H2,2-4H3. The van der Waals surface area contributed by atoms with Crippen LogP contribution in [0.3, 0.4) is 0 Å². The summed E-state index contributed by atoms with van der Waals surface area (Å²) in [5.41, 5.74) is 2.06. The van der Waals surface area contributed by atoms with Gasteiger partial charge in [-0.15, -0.1) is 6.42 Å². The monoisotopic (exact) mass is 244 g/mol. The number of terminal acetylenes is 1. The minimum Gasteiger partial charge on any atom is -0.466 e. The van der Waals surface area contributed by atoms with E-state index in [9.17, 15) is 4.79 Å². The average molecular weight is 244 g/mol. The van der Waals surface area contributed by atoms with Gasteiger partial charge in [0.1, 0.15) is 0 Å². The molecule has 2 heteroatoms. The fourth-order valence-corrected chi connectivity index (χ4v) is 1.86. The fraction of sp³-hybridized carbons (Fsp3) is 0.438. The molecule has 0 N–H and O–H groups in total. The summed E-state index contributed by atoms with van der Waals surface area (Å²) < 4.78 is 4.93. The average Bonchev–Trinajstić information content (AvgIpc) is 2.35. The van der Waals surface area contributed by atoms with Crippen LogP contribution >= 0.6 is 0 Å². The van der Waals surface area contributed by atoms with Gasteiger partial charge in [-0.1, -0.05) is 35.7 Å². The lowest BCUT2D eigenvalue weighted by Crippen LogP contribution is -2.20. The van der Waals surface area contributed by atoms with Crippen molar-refractivity contribution in [3.8, 4) is 12.3 Å². The molecular formula is C16H20O2. The van der Waals surface area contributed by atoms with Crippen molar-refractivity contribution in [1.29, 1.82) is 0 Å². The minimum absolute atomic E-state index is 0.243. The molecule has 0 saturated heterocycles. The molecule has 1 rings (SSSR count). The van der Waals surface area contributed by atoms with E-state index in [-0.39, 0.29) is 11.4 Å². The predicted molar refractivity (Wildman–Crippen MR) is 73.2 cm³/mol. The van der Waals surface area contributed by atoms with Crippen LogP contribution in [-0.2, 0) is 14.9 Å². The Hall–Kier alpha value is -1.75. The Morgan fingerprint density at radius 3 is 2.50 bits per heavy atom. The van der Waals surface area contributed by atoms with Crippen LogP contribution in [0.2, 0.25) is 0 Å². The molecule has 1 aromatic rings. The van der Waals surface area contributed by atoms with Crippen molar-refractivity contribution in [1.82, 2.24) is 0 Å². The molecule has 0 aliphatic heterocycles. The van der Waals surface area contributed by atoms with Crippen LogP contribution in [-0.4, -0.2) is 12.6 Å². The quantitative estimate of drug-likeness (QED) is 0.451. The van der Waals surface area contributed by atoms with Crippen molar-refractivity contribution >= 4 is 5.97 Å². The van der Waals surface area contributed by atoms with E-state index >= 15 is 0 Å². The number of hydrogen-bond donors (Lipinski definition) is 0. The largest absolute Gasteiger partial charge is 0.466 e. The summed E-state index contributed by atoms with van der Waals surface area (Å²) in [5.74, 6) is 2.62. The number of esters is 1. The van der Waals surface area contributed by atoms with Crippen LogP contribution < -0.4 is 0 Å². The molecule has 1 unspecified atom stereocenters. The number of carbonyl (C=O) groups is 1. The molecule has 0 fully saturated rings. The van der Waals surface area contributed by atoms with Gasteiger partial charge in [0.25, 0.3) is 0 Å². The summed E-state index contributed by atoms with van der Waals surface area (Å²) in [5, 5.41) is 0. The lowest BCUT2D eigenvalue weighted by atomic mass is 9.79. The van der Waals surface area contributed by atoms with Gasteiger partial charge in [-0.25, -0.2) is 0 Å². The maximum atomic E-state index is 10.7. The maximum Gasteiger partial charge on any atom is 0.302 e. The van der Waals surface area contributed by atoms with Crippen molar-refractivity contribution in [3.05, 3.63) is 35.4 Å². The third-order valence-corrected chi connectivity index (χ3v) is 3.13. The van der Waals surface area contributed by atoms with Crippen LogP contribution in [0.5, 0.6) is 0 Å². The zero-order valence-corrected chi connectivity index (χ0v) is 11.3. The SMILES string of the molecule is C#CC(C)(CCCOC(C)=O)c1ccc(C)cc1. The summed E-state index contributed by atoms with van der Waals surface area (Å²) in [4.78, 5) is 10.7. The Morgan fingerprint density at radius 2 is 2.00 bits per heavy atom. The third kappa shape index (κ3) is 3.92. The summed E-state index contributed by atoms with van der Waals surface area (Å²) in [6.45, 7) is 5.95. The fourth-order valence-electron chi connectivity index (χ4n) is 1.86. The number of benzene rings is 1. The first-order valence-corrected chi connectivity index (χ1v) is 6.16. The number of rotatable bonds is 5. The molecule has 0 aromatic heterocycles. The lowest BCUT2D eigenvalue weighted by molar-refractivity contribution is -0.141. The van der Waals surface area contributed by atoms with Gasteiger partial charge < -0.3 is 4.74 Å². The molecule has 0 saturated carbocycles. The Balaban J connectivity index is 2.65. The molecule has 1 atom stereocenters. The second kappa shape index (κ2) is 6.26. The van der Waals surface area contributed by atoms with E-state index in [2.05, 4.69) is 37.1 Å². The molecule has 18 heavy (non-hydrogen) atoms. The predicted octanol–water partition coefficient (Wildman–Crippen LogP) is 3.23. The van der Waals surface area contributed by atoms with Crippen molar-refractivity contribution < 1.29 is 9.53 Å². The minimum atomic E-state index is -0.298. The van der Waals surface area contributed by atoms with Gasteiger partial charge in [0.15, 0.2) is 0 Å². The van der Waals surface area contributed by atoms with Gasteiger partial charge in [0.2, 0.25) is 0 Å². The summed E-state index contributed by atoms with van der Waals surface area (Å²) in [6, 6.07) is 8.27. The molecule has 0 aliphatic carbocycles. The van der Waals surface area contributed by atoms with E-state index in [0.29, 0.717) is 6.61 Å². The van der Waals surface area contributed by atoms with E-state index in [4.69, 9.17) is 11.2 Å². The van der Waals surface area contributed by atoms with E-state index in [1.165, 1.54) is 12.5 Å². The summed E-state index contributed by atoms with van der Waals surface area (Å²) >= 11 is 0. The van der Waals surface area contributed by atoms with Crippen LogP contribution in [0.25, 0.3) is 0 Å². The zero-order chi connectivity index (χ0) is 13.6. The lowest BCUT2D eigenvalue weighted by Gasteiger charge is -2.24. The molecule has 0 bridgehead atoms. The molecule has 0 radical (unpaired) electrons. The molecule has 0 amide bonds. The maximum absolute atomic E-state index is 10.7. The number of carbonyl (C=O) groups excluding carboxylic acids is 1. The Morgan fingerprint density at radius 1 is 1.39 bits per heavy atom. The van der Waals surface area contributed by atoms with E-state index in [0.717, 1.165) is 18.4 Å². The van der Waals surface area contributed by atoms with E-state index < -0.39 is 0 Å². The van der Waals surface area contributed by atoms with Crippen molar-refractivity contribution in [2.24, 2.45) is 0 Å². The number of ether oxygens (including phenoxy) is 1. The molecule has 1 aromatic carbocycles. The van der Waals surface area contributed by atoms with Crippen molar-refractivity contribution in [2.75, 3.05) is 6.61 Å². The Kier molecular flexibility index (Phi) is 4.97. The second-order valence-electron chi connectivity index (χ2n) is 4.79. The highest BCUT2D eigenvalue weighted by atomic mass is 16.5. The number of aryl methyl sites for hydroxylation is 1. The third-order valence-electron chi connectivity index (χ3n) is 3.13. The molecule has 0 heterocycles. The normalized spacial score (nSPS) is 13.4. The van der Waals surface area contributed by atoms with Crippen molar-refractivity contribution in [2.45, 2.75) is 39.0 Å². The topological polar surface area (TPSA) is 26.3 Å². The smallest absolute Gasteiger partial charge is 0.302 e. The van der Waals surface area contributed by atoms with Crippen LogP contribution in [0.1, 0.15) is 37.8 Å².